The highest BCUT2D eigenvalue weighted by molar-refractivity contribution is 9.10. The van der Waals surface area contributed by atoms with E-state index in [0.29, 0.717) is 0 Å². The zero-order chi connectivity index (χ0) is 13.1. The van der Waals surface area contributed by atoms with Crippen LogP contribution in [0.15, 0.2) is 28.7 Å². The summed E-state index contributed by atoms with van der Waals surface area (Å²) >= 11 is 3.66. The molecule has 104 valence electrons. The molecule has 1 aromatic carbocycles. The van der Waals surface area contributed by atoms with Crippen LogP contribution >= 0.6 is 15.9 Å². The number of hydrogen-bond acceptors (Lipinski definition) is 2. The highest BCUT2D eigenvalue weighted by Gasteiger charge is 2.30. The first kappa shape index (κ1) is 13.6. The second kappa shape index (κ2) is 6.38. The van der Waals surface area contributed by atoms with Gasteiger partial charge in [-0.2, -0.15) is 0 Å². The standard InChI is InChI=1S/C16H23BrN2/c17-16-6-2-1-5-15(16)13-11-14(12-13)18-7-10-19-8-3-4-9-19/h1-2,5-6,13-14,18H,3-4,7-12H2. The summed E-state index contributed by atoms with van der Waals surface area (Å²) in [5.41, 5.74) is 1.49. The number of likely N-dealkylation sites (tertiary alicyclic amines) is 1. The van der Waals surface area contributed by atoms with Gasteiger partial charge in [-0.25, -0.2) is 0 Å². The Morgan fingerprint density at radius 3 is 2.63 bits per heavy atom. The molecule has 3 heteroatoms. The van der Waals surface area contributed by atoms with Gasteiger partial charge >= 0.3 is 0 Å². The largest absolute Gasteiger partial charge is 0.313 e. The number of halogens is 1. The van der Waals surface area contributed by atoms with Gasteiger partial charge in [0, 0.05) is 23.6 Å². The first-order valence-electron chi connectivity index (χ1n) is 7.53. The van der Waals surface area contributed by atoms with Crippen LogP contribution < -0.4 is 5.32 Å². The molecule has 0 amide bonds. The van der Waals surface area contributed by atoms with E-state index in [4.69, 9.17) is 0 Å². The van der Waals surface area contributed by atoms with Gasteiger partial charge in [0.15, 0.2) is 0 Å². The van der Waals surface area contributed by atoms with Gasteiger partial charge in [-0.1, -0.05) is 34.1 Å². The summed E-state index contributed by atoms with van der Waals surface area (Å²) in [5, 5.41) is 3.71. The van der Waals surface area contributed by atoms with Crippen LogP contribution in [0.5, 0.6) is 0 Å². The van der Waals surface area contributed by atoms with Crippen LogP contribution in [0.2, 0.25) is 0 Å². The molecular weight excluding hydrogens is 300 g/mol. The second-order valence-corrected chi connectivity index (χ2v) is 6.74. The highest BCUT2D eigenvalue weighted by Crippen LogP contribution is 2.39. The molecule has 1 saturated carbocycles. The molecule has 0 unspecified atom stereocenters. The van der Waals surface area contributed by atoms with Gasteiger partial charge in [-0.3, -0.25) is 0 Å². The molecule has 0 atom stereocenters. The fraction of sp³-hybridized carbons (Fsp3) is 0.625. The summed E-state index contributed by atoms with van der Waals surface area (Å²) in [6, 6.07) is 9.39. The third-order valence-electron chi connectivity index (χ3n) is 4.54. The van der Waals surface area contributed by atoms with Gasteiger partial charge in [0.1, 0.15) is 0 Å². The van der Waals surface area contributed by atoms with Gasteiger partial charge in [0.25, 0.3) is 0 Å². The Bertz CT molecular complexity index is 409. The van der Waals surface area contributed by atoms with Crippen molar-refractivity contribution >= 4 is 15.9 Å². The van der Waals surface area contributed by atoms with Crippen molar-refractivity contribution in [3.63, 3.8) is 0 Å². The number of nitrogens with zero attached hydrogens (tertiary/aromatic N) is 1. The average molecular weight is 323 g/mol. The lowest BCUT2D eigenvalue weighted by atomic mass is 9.76. The second-order valence-electron chi connectivity index (χ2n) is 5.89. The van der Waals surface area contributed by atoms with Crippen LogP contribution in [0.25, 0.3) is 0 Å². The number of hydrogen-bond donors (Lipinski definition) is 1. The van der Waals surface area contributed by atoms with Crippen LogP contribution in [0.4, 0.5) is 0 Å². The lowest BCUT2D eigenvalue weighted by Gasteiger charge is -2.37. The van der Waals surface area contributed by atoms with Crippen molar-refractivity contribution in [2.75, 3.05) is 26.2 Å². The van der Waals surface area contributed by atoms with E-state index in [1.807, 2.05) is 0 Å². The van der Waals surface area contributed by atoms with Crippen molar-refractivity contribution in [1.29, 1.82) is 0 Å². The SMILES string of the molecule is Brc1ccccc1C1CC(NCCN2CCCC2)C1. The van der Waals surface area contributed by atoms with E-state index >= 15 is 0 Å². The molecule has 0 radical (unpaired) electrons. The Balaban J connectivity index is 1.37. The Morgan fingerprint density at radius 2 is 1.89 bits per heavy atom. The maximum absolute atomic E-state index is 3.71. The molecule has 1 saturated heterocycles. The monoisotopic (exact) mass is 322 g/mol. The van der Waals surface area contributed by atoms with E-state index < -0.39 is 0 Å². The zero-order valence-corrected chi connectivity index (χ0v) is 13.0. The molecule has 2 aliphatic rings. The molecule has 0 aromatic heterocycles. The molecule has 1 heterocycles. The summed E-state index contributed by atoms with van der Waals surface area (Å²) in [6.45, 7) is 5.02. The van der Waals surface area contributed by atoms with E-state index in [1.54, 1.807) is 0 Å². The molecule has 1 aliphatic carbocycles. The smallest absolute Gasteiger partial charge is 0.0210 e. The van der Waals surface area contributed by atoms with Gasteiger partial charge in [0.2, 0.25) is 0 Å². The van der Waals surface area contributed by atoms with E-state index in [2.05, 4.69) is 50.4 Å². The van der Waals surface area contributed by atoms with Crippen molar-refractivity contribution in [1.82, 2.24) is 10.2 Å². The summed E-state index contributed by atoms with van der Waals surface area (Å²) in [5.74, 6) is 0.750. The van der Waals surface area contributed by atoms with E-state index in [0.717, 1.165) is 18.5 Å². The summed E-state index contributed by atoms with van der Waals surface area (Å²) in [7, 11) is 0. The van der Waals surface area contributed by atoms with Crippen molar-refractivity contribution in [3.05, 3.63) is 34.3 Å². The maximum Gasteiger partial charge on any atom is 0.0210 e. The van der Waals surface area contributed by atoms with Crippen LogP contribution in [-0.2, 0) is 0 Å². The predicted molar refractivity (Wildman–Crippen MR) is 83.6 cm³/mol. The number of nitrogens with one attached hydrogen (secondary N) is 1. The topological polar surface area (TPSA) is 15.3 Å². The average Bonchev–Trinajstić information content (AvgIpc) is 2.87. The van der Waals surface area contributed by atoms with Gasteiger partial charge in [-0.15, -0.1) is 0 Å². The van der Waals surface area contributed by atoms with Crippen molar-refractivity contribution in [2.45, 2.75) is 37.6 Å². The van der Waals surface area contributed by atoms with E-state index in [9.17, 15) is 0 Å². The quantitative estimate of drug-likeness (QED) is 0.894. The molecule has 1 aromatic rings. The first-order valence-corrected chi connectivity index (χ1v) is 8.32. The fourth-order valence-corrected chi connectivity index (χ4v) is 3.89. The van der Waals surface area contributed by atoms with Gasteiger partial charge in [-0.05, 0) is 56.3 Å². The minimum atomic E-state index is 0.736. The molecule has 19 heavy (non-hydrogen) atoms. The summed E-state index contributed by atoms with van der Waals surface area (Å²) < 4.78 is 1.27. The Hall–Kier alpha value is -0.380. The van der Waals surface area contributed by atoms with Crippen molar-refractivity contribution in [2.24, 2.45) is 0 Å². The molecule has 2 fully saturated rings. The Morgan fingerprint density at radius 1 is 1.16 bits per heavy atom. The molecule has 0 spiro atoms. The first-order chi connectivity index (χ1) is 9.33. The molecule has 1 N–H and O–H groups in total. The Kier molecular flexibility index (Phi) is 4.57. The Labute approximate surface area is 124 Å². The molecule has 3 rings (SSSR count). The van der Waals surface area contributed by atoms with Crippen LogP contribution in [0.1, 0.15) is 37.2 Å². The third-order valence-corrected chi connectivity index (χ3v) is 5.27. The molecular formula is C16H23BrN2. The zero-order valence-electron chi connectivity index (χ0n) is 11.4. The fourth-order valence-electron chi connectivity index (χ4n) is 3.28. The molecule has 0 bridgehead atoms. The third kappa shape index (κ3) is 3.39. The van der Waals surface area contributed by atoms with Crippen molar-refractivity contribution in [3.8, 4) is 0 Å². The minimum absolute atomic E-state index is 0.736. The summed E-state index contributed by atoms with van der Waals surface area (Å²) in [4.78, 5) is 2.58. The van der Waals surface area contributed by atoms with E-state index in [-0.39, 0.29) is 0 Å². The number of benzene rings is 1. The highest BCUT2D eigenvalue weighted by atomic mass is 79.9. The summed E-state index contributed by atoms with van der Waals surface area (Å²) in [6.07, 6.45) is 5.38. The maximum atomic E-state index is 3.71. The van der Waals surface area contributed by atoms with E-state index in [1.165, 1.54) is 55.4 Å². The van der Waals surface area contributed by atoms with Crippen LogP contribution in [0, 0.1) is 0 Å². The number of rotatable bonds is 5. The normalized spacial score (nSPS) is 27.4. The minimum Gasteiger partial charge on any atom is -0.313 e. The van der Waals surface area contributed by atoms with Crippen molar-refractivity contribution < 1.29 is 0 Å². The van der Waals surface area contributed by atoms with Crippen LogP contribution in [-0.4, -0.2) is 37.1 Å². The predicted octanol–water partition coefficient (Wildman–Crippen LogP) is 3.38. The molecule has 2 nitrogen and oxygen atoms in total. The lowest BCUT2D eigenvalue weighted by molar-refractivity contribution is 0.266. The van der Waals surface area contributed by atoms with Gasteiger partial charge in [0.05, 0.1) is 0 Å². The lowest BCUT2D eigenvalue weighted by Crippen LogP contribution is -2.43. The van der Waals surface area contributed by atoms with Gasteiger partial charge < -0.3 is 10.2 Å². The van der Waals surface area contributed by atoms with Crippen LogP contribution in [0.3, 0.4) is 0 Å². The molecule has 1 aliphatic heterocycles.